The second-order valence-corrected chi connectivity index (χ2v) is 4.76. The molecule has 0 bridgehead atoms. The Morgan fingerprint density at radius 3 is 2.84 bits per heavy atom. The minimum Gasteiger partial charge on any atom is -0.423 e. The van der Waals surface area contributed by atoms with Gasteiger partial charge in [0.15, 0.2) is 0 Å². The quantitative estimate of drug-likeness (QED) is 0.762. The van der Waals surface area contributed by atoms with Gasteiger partial charge in [0.1, 0.15) is 0 Å². The van der Waals surface area contributed by atoms with Crippen molar-refractivity contribution in [3.05, 3.63) is 30.2 Å². The summed E-state index contributed by atoms with van der Waals surface area (Å²) in [5.74, 6) is 0.564. The van der Waals surface area contributed by atoms with Gasteiger partial charge in [0, 0.05) is 17.8 Å². The summed E-state index contributed by atoms with van der Waals surface area (Å²) in [7, 11) is 0. The van der Waals surface area contributed by atoms with Crippen LogP contribution >= 0.6 is 0 Å². The zero-order valence-electron chi connectivity index (χ0n) is 11.6. The zero-order valence-corrected chi connectivity index (χ0v) is 11.6. The van der Waals surface area contributed by atoms with Crippen LogP contribution in [0.25, 0.3) is 11.5 Å². The maximum Gasteiger partial charge on any atom is 0.247 e. The fraction of sp³-hybridized carbons (Fsp3) is 0.467. The molecule has 0 saturated carbocycles. The predicted octanol–water partition coefficient (Wildman–Crippen LogP) is 4.04. The first-order chi connectivity index (χ1) is 9.31. The maximum absolute atomic E-state index is 5.22. The van der Waals surface area contributed by atoms with Crippen LogP contribution < -0.4 is 5.32 Å². The maximum atomic E-state index is 5.22. The number of unbranched alkanes of at least 4 members (excludes halogenated alkanes) is 3. The van der Waals surface area contributed by atoms with E-state index < -0.39 is 0 Å². The Morgan fingerprint density at radius 2 is 2.11 bits per heavy atom. The van der Waals surface area contributed by atoms with E-state index in [2.05, 4.69) is 41.5 Å². The summed E-state index contributed by atoms with van der Waals surface area (Å²) >= 11 is 0. The van der Waals surface area contributed by atoms with E-state index in [1.165, 1.54) is 37.6 Å². The van der Waals surface area contributed by atoms with Crippen LogP contribution in [0.3, 0.4) is 0 Å². The van der Waals surface area contributed by atoms with E-state index in [1.807, 2.05) is 6.07 Å². The summed E-state index contributed by atoms with van der Waals surface area (Å²) in [5.41, 5.74) is 3.34. The number of nitrogens with zero attached hydrogens (tertiary/aromatic N) is 2. The van der Waals surface area contributed by atoms with Gasteiger partial charge in [-0.1, -0.05) is 32.3 Å². The highest BCUT2D eigenvalue weighted by molar-refractivity contribution is 5.64. The normalized spacial score (nSPS) is 10.6. The van der Waals surface area contributed by atoms with Crippen LogP contribution in [0.15, 0.2) is 29.0 Å². The standard InChI is InChI=1S/C15H21N3O/c1-3-4-5-6-9-16-14-10-13(8-7-12(14)2)15-18-17-11-19-15/h7-8,10-11,16H,3-6,9H2,1-2H3. The van der Waals surface area contributed by atoms with Crippen molar-refractivity contribution in [2.75, 3.05) is 11.9 Å². The van der Waals surface area contributed by atoms with E-state index in [-0.39, 0.29) is 0 Å². The lowest BCUT2D eigenvalue weighted by molar-refractivity contribution is 0.568. The van der Waals surface area contributed by atoms with Crippen molar-refractivity contribution in [2.24, 2.45) is 0 Å². The molecule has 1 heterocycles. The van der Waals surface area contributed by atoms with Gasteiger partial charge in [-0.15, -0.1) is 10.2 Å². The molecule has 4 heteroatoms. The van der Waals surface area contributed by atoms with E-state index in [0.717, 1.165) is 17.8 Å². The van der Waals surface area contributed by atoms with Crippen LogP contribution in [0, 0.1) is 6.92 Å². The van der Waals surface area contributed by atoms with Crippen LogP contribution in [-0.2, 0) is 0 Å². The second kappa shape index (κ2) is 6.92. The monoisotopic (exact) mass is 259 g/mol. The van der Waals surface area contributed by atoms with Gasteiger partial charge < -0.3 is 9.73 Å². The first kappa shape index (κ1) is 13.6. The number of hydrogen-bond donors (Lipinski definition) is 1. The Hall–Kier alpha value is -1.84. The molecule has 1 N–H and O–H groups in total. The van der Waals surface area contributed by atoms with Crippen LogP contribution in [0.4, 0.5) is 5.69 Å². The molecule has 1 aromatic carbocycles. The predicted molar refractivity (Wildman–Crippen MR) is 77.1 cm³/mol. The first-order valence-corrected chi connectivity index (χ1v) is 6.92. The molecule has 2 aromatic rings. The Bertz CT molecular complexity index is 494. The van der Waals surface area contributed by atoms with Gasteiger partial charge in [0.05, 0.1) is 0 Å². The van der Waals surface area contributed by atoms with Crippen LogP contribution in [-0.4, -0.2) is 16.7 Å². The Morgan fingerprint density at radius 1 is 1.21 bits per heavy atom. The fourth-order valence-corrected chi connectivity index (χ4v) is 2.02. The Kier molecular flexibility index (Phi) is 4.95. The number of rotatable bonds is 7. The lowest BCUT2D eigenvalue weighted by Gasteiger charge is -2.10. The molecule has 102 valence electrons. The summed E-state index contributed by atoms with van der Waals surface area (Å²) in [6.45, 7) is 5.34. The molecular weight excluding hydrogens is 238 g/mol. The fourth-order valence-electron chi connectivity index (χ4n) is 2.02. The van der Waals surface area contributed by atoms with Gasteiger partial charge in [-0.3, -0.25) is 0 Å². The van der Waals surface area contributed by atoms with Crippen molar-refractivity contribution in [1.82, 2.24) is 10.2 Å². The topological polar surface area (TPSA) is 51.0 Å². The van der Waals surface area contributed by atoms with Gasteiger partial charge in [0.25, 0.3) is 0 Å². The molecule has 4 nitrogen and oxygen atoms in total. The number of aromatic nitrogens is 2. The molecule has 0 fully saturated rings. The van der Waals surface area contributed by atoms with Gasteiger partial charge in [-0.2, -0.15) is 0 Å². The molecule has 19 heavy (non-hydrogen) atoms. The molecule has 0 unspecified atom stereocenters. The minimum atomic E-state index is 0.564. The Balaban J connectivity index is 1.98. The van der Waals surface area contributed by atoms with E-state index in [1.54, 1.807) is 0 Å². The van der Waals surface area contributed by atoms with Crippen LogP contribution in [0.2, 0.25) is 0 Å². The van der Waals surface area contributed by atoms with Crippen LogP contribution in [0.5, 0.6) is 0 Å². The van der Waals surface area contributed by atoms with E-state index in [4.69, 9.17) is 4.42 Å². The highest BCUT2D eigenvalue weighted by Crippen LogP contribution is 2.23. The lowest BCUT2D eigenvalue weighted by atomic mass is 10.1. The number of nitrogens with one attached hydrogen (secondary N) is 1. The molecule has 0 saturated heterocycles. The third-order valence-electron chi connectivity index (χ3n) is 3.19. The first-order valence-electron chi connectivity index (χ1n) is 6.92. The van der Waals surface area contributed by atoms with E-state index in [0.29, 0.717) is 5.89 Å². The van der Waals surface area contributed by atoms with Gasteiger partial charge >= 0.3 is 0 Å². The van der Waals surface area contributed by atoms with Crippen molar-refractivity contribution >= 4 is 5.69 Å². The smallest absolute Gasteiger partial charge is 0.247 e. The summed E-state index contributed by atoms with van der Waals surface area (Å²) in [6, 6.07) is 6.15. The van der Waals surface area contributed by atoms with E-state index >= 15 is 0 Å². The third kappa shape index (κ3) is 3.81. The molecule has 0 amide bonds. The molecular formula is C15H21N3O. The molecule has 0 radical (unpaired) electrons. The van der Waals surface area contributed by atoms with Crippen molar-refractivity contribution in [3.8, 4) is 11.5 Å². The Labute approximate surface area is 114 Å². The number of anilines is 1. The molecule has 1 aromatic heterocycles. The molecule has 0 aliphatic carbocycles. The van der Waals surface area contributed by atoms with Gasteiger partial charge in [0.2, 0.25) is 12.3 Å². The van der Waals surface area contributed by atoms with Gasteiger partial charge in [-0.05, 0) is 31.0 Å². The molecule has 0 spiro atoms. The highest BCUT2D eigenvalue weighted by Gasteiger charge is 2.06. The van der Waals surface area contributed by atoms with Crippen molar-refractivity contribution in [3.63, 3.8) is 0 Å². The number of benzene rings is 1. The molecule has 0 aliphatic rings. The summed E-state index contributed by atoms with van der Waals surface area (Å²) in [4.78, 5) is 0. The second-order valence-electron chi connectivity index (χ2n) is 4.76. The zero-order chi connectivity index (χ0) is 13.5. The summed E-state index contributed by atoms with van der Waals surface area (Å²) in [6.07, 6.45) is 6.42. The number of hydrogen-bond acceptors (Lipinski definition) is 4. The molecule has 2 rings (SSSR count). The van der Waals surface area contributed by atoms with Crippen molar-refractivity contribution < 1.29 is 4.42 Å². The highest BCUT2D eigenvalue weighted by atomic mass is 16.4. The largest absolute Gasteiger partial charge is 0.423 e. The average Bonchev–Trinajstić information content (AvgIpc) is 2.94. The number of aryl methyl sites for hydroxylation is 1. The van der Waals surface area contributed by atoms with Crippen LogP contribution in [0.1, 0.15) is 38.2 Å². The lowest BCUT2D eigenvalue weighted by Crippen LogP contribution is -2.03. The molecule has 0 atom stereocenters. The SMILES string of the molecule is CCCCCCNc1cc(-c2nnco2)ccc1C. The summed E-state index contributed by atoms with van der Waals surface area (Å²) in [5, 5.41) is 11.1. The van der Waals surface area contributed by atoms with E-state index in [9.17, 15) is 0 Å². The summed E-state index contributed by atoms with van der Waals surface area (Å²) < 4.78 is 5.22. The average molecular weight is 259 g/mol. The molecule has 0 aliphatic heterocycles. The third-order valence-corrected chi connectivity index (χ3v) is 3.19. The van der Waals surface area contributed by atoms with Crippen molar-refractivity contribution in [1.29, 1.82) is 0 Å². The van der Waals surface area contributed by atoms with Crippen molar-refractivity contribution in [2.45, 2.75) is 39.5 Å². The minimum absolute atomic E-state index is 0.564. The van der Waals surface area contributed by atoms with Gasteiger partial charge in [-0.25, -0.2) is 0 Å².